The molecule has 0 spiro atoms. The van der Waals surface area contributed by atoms with Gasteiger partial charge >= 0.3 is 0 Å². The molecule has 1 heterocycles. The quantitative estimate of drug-likeness (QED) is 0.585. The van der Waals surface area contributed by atoms with Crippen LogP contribution in [-0.4, -0.2) is 48.2 Å². The van der Waals surface area contributed by atoms with Crippen molar-refractivity contribution in [2.45, 2.75) is 25.5 Å². The molecule has 0 radical (unpaired) electrons. The van der Waals surface area contributed by atoms with Gasteiger partial charge in [-0.2, -0.15) is 0 Å². The summed E-state index contributed by atoms with van der Waals surface area (Å²) in [6.07, 6.45) is 0.464. The van der Waals surface area contributed by atoms with Crippen molar-refractivity contribution >= 4 is 5.91 Å². The first kappa shape index (κ1) is 9.48. The molecule has 2 atom stereocenters. The van der Waals surface area contributed by atoms with Gasteiger partial charge in [-0.05, 0) is 13.3 Å². The summed E-state index contributed by atoms with van der Waals surface area (Å²) < 4.78 is 0. The molecule has 1 aliphatic heterocycles. The molecule has 12 heavy (non-hydrogen) atoms. The van der Waals surface area contributed by atoms with Crippen LogP contribution in [0.15, 0.2) is 0 Å². The minimum atomic E-state index is -0.385. The van der Waals surface area contributed by atoms with Crippen molar-refractivity contribution < 1.29 is 9.90 Å². The first-order valence-electron chi connectivity index (χ1n) is 4.27. The maximum Gasteiger partial charge on any atom is 0.239 e. The average molecular weight is 172 g/mol. The van der Waals surface area contributed by atoms with Gasteiger partial charge in [0.2, 0.25) is 5.91 Å². The van der Waals surface area contributed by atoms with Crippen LogP contribution in [0.2, 0.25) is 0 Å². The molecule has 0 aromatic rings. The van der Waals surface area contributed by atoms with Crippen LogP contribution in [0.4, 0.5) is 0 Å². The molecule has 1 amide bonds. The number of likely N-dealkylation sites (N-methyl/N-ethyl adjacent to an activating group) is 1. The highest BCUT2D eigenvalue weighted by molar-refractivity contribution is 5.83. The van der Waals surface area contributed by atoms with Gasteiger partial charge in [-0.25, -0.2) is 0 Å². The van der Waals surface area contributed by atoms with E-state index in [1.807, 2.05) is 0 Å². The smallest absolute Gasteiger partial charge is 0.239 e. The lowest BCUT2D eigenvalue weighted by Crippen LogP contribution is -2.40. The van der Waals surface area contributed by atoms with Gasteiger partial charge in [-0.3, -0.25) is 4.79 Å². The van der Waals surface area contributed by atoms with E-state index < -0.39 is 0 Å². The molecule has 1 fully saturated rings. The summed E-state index contributed by atoms with van der Waals surface area (Å²) in [5, 5.41) is 12.0. The number of likely N-dealkylation sites (tertiary alicyclic amines) is 1. The maximum absolute atomic E-state index is 11.3. The van der Waals surface area contributed by atoms with Crippen LogP contribution in [0, 0.1) is 0 Å². The Labute approximate surface area is 72.6 Å². The van der Waals surface area contributed by atoms with Gasteiger partial charge in [0.05, 0.1) is 12.1 Å². The fourth-order valence-electron chi connectivity index (χ4n) is 1.32. The molecule has 4 nitrogen and oxygen atoms in total. The second-order valence-corrected chi connectivity index (χ2v) is 3.36. The van der Waals surface area contributed by atoms with Gasteiger partial charge in [-0.15, -0.1) is 0 Å². The van der Waals surface area contributed by atoms with Crippen molar-refractivity contribution in [3.63, 3.8) is 0 Å². The number of hydrogen-bond acceptors (Lipinski definition) is 3. The van der Waals surface area contributed by atoms with Crippen LogP contribution in [-0.2, 0) is 4.79 Å². The second-order valence-electron chi connectivity index (χ2n) is 3.36. The van der Waals surface area contributed by atoms with Gasteiger partial charge in [-0.1, -0.05) is 0 Å². The van der Waals surface area contributed by atoms with E-state index in [2.05, 4.69) is 5.32 Å². The van der Waals surface area contributed by atoms with Crippen LogP contribution >= 0.6 is 0 Å². The first-order chi connectivity index (χ1) is 5.61. The molecule has 1 aliphatic rings. The SMILES string of the molecule is C[C@@H](O)CNC1CCN(C)C1=O. The number of hydrogen-bond donors (Lipinski definition) is 2. The Hall–Kier alpha value is -0.610. The van der Waals surface area contributed by atoms with Gasteiger partial charge in [0.1, 0.15) is 0 Å². The van der Waals surface area contributed by atoms with Gasteiger partial charge in [0.15, 0.2) is 0 Å². The minimum Gasteiger partial charge on any atom is -0.392 e. The van der Waals surface area contributed by atoms with Gasteiger partial charge < -0.3 is 15.3 Å². The fourth-order valence-corrected chi connectivity index (χ4v) is 1.32. The molecule has 4 heteroatoms. The standard InChI is InChI=1S/C8H16N2O2/c1-6(11)5-9-7-3-4-10(2)8(7)12/h6-7,9,11H,3-5H2,1-2H3/t6-,7?/m1/s1. The molecular formula is C8H16N2O2. The van der Waals surface area contributed by atoms with E-state index in [0.29, 0.717) is 6.54 Å². The van der Waals surface area contributed by atoms with E-state index in [1.54, 1.807) is 18.9 Å². The molecule has 1 unspecified atom stereocenters. The Morgan fingerprint density at radius 2 is 2.50 bits per heavy atom. The number of carbonyl (C=O) groups excluding carboxylic acids is 1. The molecule has 0 bridgehead atoms. The topological polar surface area (TPSA) is 52.6 Å². The highest BCUT2D eigenvalue weighted by Crippen LogP contribution is 2.07. The van der Waals surface area contributed by atoms with Crippen molar-refractivity contribution in [3.05, 3.63) is 0 Å². The van der Waals surface area contributed by atoms with E-state index >= 15 is 0 Å². The molecule has 0 aromatic carbocycles. The number of carbonyl (C=O) groups is 1. The third-order valence-electron chi connectivity index (χ3n) is 2.09. The number of aliphatic hydroxyl groups is 1. The third-order valence-corrected chi connectivity index (χ3v) is 2.09. The summed E-state index contributed by atoms with van der Waals surface area (Å²) in [6.45, 7) is 3.01. The van der Waals surface area contributed by atoms with Gasteiger partial charge in [0, 0.05) is 20.1 Å². The molecule has 1 saturated heterocycles. The maximum atomic E-state index is 11.3. The van der Waals surface area contributed by atoms with Crippen molar-refractivity contribution in [3.8, 4) is 0 Å². The van der Waals surface area contributed by atoms with E-state index in [4.69, 9.17) is 5.11 Å². The lowest BCUT2D eigenvalue weighted by atomic mass is 10.2. The Kier molecular flexibility index (Phi) is 3.05. The van der Waals surface area contributed by atoms with E-state index in [9.17, 15) is 4.79 Å². The number of aliphatic hydroxyl groups excluding tert-OH is 1. The van der Waals surface area contributed by atoms with Gasteiger partial charge in [0.25, 0.3) is 0 Å². The third kappa shape index (κ3) is 2.19. The molecule has 2 N–H and O–H groups in total. The van der Waals surface area contributed by atoms with E-state index in [1.165, 1.54) is 0 Å². The largest absolute Gasteiger partial charge is 0.392 e. The van der Waals surface area contributed by atoms with Crippen LogP contribution in [0.5, 0.6) is 0 Å². The number of amides is 1. The molecule has 70 valence electrons. The van der Waals surface area contributed by atoms with Crippen LogP contribution < -0.4 is 5.32 Å². The van der Waals surface area contributed by atoms with Crippen molar-refractivity contribution in [2.75, 3.05) is 20.1 Å². The monoisotopic (exact) mass is 172 g/mol. The zero-order valence-corrected chi connectivity index (χ0v) is 7.58. The van der Waals surface area contributed by atoms with Crippen LogP contribution in [0.25, 0.3) is 0 Å². The Morgan fingerprint density at radius 3 is 2.92 bits per heavy atom. The van der Waals surface area contributed by atoms with Crippen LogP contribution in [0.1, 0.15) is 13.3 Å². The Morgan fingerprint density at radius 1 is 1.83 bits per heavy atom. The lowest BCUT2D eigenvalue weighted by Gasteiger charge is -2.12. The molecule has 0 aliphatic carbocycles. The molecule has 1 rings (SSSR count). The summed E-state index contributed by atoms with van der Waals surface area (Å²) in [7, 11) is 1.80. The number of nitrogens with one attached hydrogen (secondary N) is 1. The molecule has 0 aromatic heterocycles. The summed E-state index contributed by atoms with van der Waals surface area (Å²) in [6, 6.07) is -0.0791. The minimum absolute atomic E-state index is 0.0791. The molecule has 0 saturated carbocycles. The number of rotatable bonds is 3. The summed E-state index contributed by atoms with van der Waals surface area (Å²) in [4.78, 5) is 13.0. The average Bonchev–Trinajstić information content (AvgIpc) is 2.30. The van der Waals surface area contributed by atoms with E-state index in [0.717, 1.165) is 13.0 Å². The molecular weight excluding hydrogens is 156 g/mol. The fraction of sp³-hybridized carbons (Fsp3) is 0.875. The van der Waals surface area contributed by atoms with Crippen molar-refractivity contribution in [1.82, 2.24) is 10.2 Å². The highest BCUT2D eigenvalue weighted by atomic mass is 16.3. The summed E-state index contributed by atoms with van der Waals surface area (Å²) >= 11 is 0. The van der Waals surface area contributed by atoms with Crippen molar-refractivity contribution in [1.29, 1.82) is 0 Å². The zero-order valence-electron chi connectivity index (χ0n) is 7.58. The van der Waals surface area contributed by atoms with Crippen LogP contribution in [0.3, 0.4) is 0 Å². The lowest BCUT2D eigenvalue weighted by molar-refractivity contribution is -0.128. The highest BCUT2D eigenvalue weighted by Gasteiger charge is 2.28. The summed E-state index contributed by atoms with van der Waals surface area (Å²) in [5.74, 6) is 0.135. The van der Waals surface area contributed by atoms with E-state index in [-0.39, 0.29) is 18.1 Å². The Balaban J connectivity index is 2.30. The first-order valence-corrected chi connectivity index (χ1v) is 4.27. The second kappa shape index (κ2) is 3.87. The predicted molar refractivity (Wildman–Crippen MR) is 45.7 cm³/mol. The van der Waals surface area contributed by atoms with Crippen molar-refractivity contribution in [2.24, 2.45) is 0 Å². The Bertz CT molecular complexity index is 170. The predicted octanol–water partition coefficient (Wildman–Crippen LogP) is -0.812. The normalized spacial score (nSPS) is 26.4. The zero-order chi connectivity index (χ0) is 9.14. The number of nitrogens with zero attached hydrogens (tertiary/aromatic N) is 1. The summed E-state index contributed by atoms with van der Waals surface area (Å²) in [5.41, 5.74) is 0.